The summed E-state index contributed by atoms with van der Waals surface area (Å²) < 4.78 is 0. The zero-order valence-electron chi connectivity index (χ0n) is 10.4. The second-order valence-corrected chi connectivity index (χ2v) is 3.63. The number of nitrogens with zero attached hydrogens (tertiary/aromatic N) is 1. The molecule has 0 saturated carbocycles. The van der Waals surface area contributed by atoms with Crippen molar-refractivity contribution < 1.29 is 9.59 Å². The lowest BCUT2D eigenvalue weighted by molar-refractivity contribution is -0.134. The average molecular weight is 224 g/mol. The lowest BCUT2D eigenvalue weighted by Crippen LogP contribution is -2.23. The van der Waals surface area contributed by atoms with Gasteiger partial charge in [-0.2, -0.15) is 0 Å². The van der Waals surface area contributed by atoms with Crippen LogP contribution in [0.5, 0.6) is 0 Å². The van der Waals surface area contributed by atoms with Gasteiger partial charge in [0, 0.05) is 12.3 Å². The van der Waals surface area contributed by atoms with E-state index in [0.29, 0.717) is 5.84 Å². The first-order valence-corrected chi connectivity index (χ1v) is 5.55. The van der Waals surface area contributed by atoms with Crippen LogP contribution in [0.4, 0.5) is 0 Å². The van der Waals surface area contributed by atoms with Crippen LogP contribution in [-0.4, -0.2) is 17.4 Å². The van der Waals surface area contributed by atoms with Crippen molar-refractivity contribution in [3.05, 3.63) is 11.8 Å². The van der Waals surface area contributed by atoms with E-state index in [4.69, 9.17) is 5.73 Å². The molecular weight excluding hydrogens is 204 g/mol. The highest BCUT2D eigenvalue weighted by Crippen LogP contribution is 2.06. The lowest BCUT2D eigenvalue weighted by atomic mass is 10.1. The number of hydrogen-bond donors (Lipinski definition) is 1. The molecule has 0 bridgehead atoms. The summed E-state index contributed by atoms with van der Waals surface area (Å²) in [5, 5.41) is 0. The summed E-state index contributed by atoms with van der Waals surface area (Å²) in [5.74, 6) is -0.489. The Kier molecular flexibility index (Phi) is 6.30. The van der Waals surface area contributed by atoms with Gasteiger partial charge in [0.25, 0.3) is 0 Å². The minimum Gasteiger partial charge on any atom is -0.387 e. The van der Waals surface area contributed by atoms with Gasteiger partial charge in [-0.05, 0) is 13.3 Å². The van der Waals surface area contributed by atoms with Gasteiger partial charge in [0.15, 0.2) is 0 Å². The molecule has 0 aliphatic carbocycles. The molecule has 0 aromatic heterocycles. The minimum atomic E-state index is -0.559. The highest BCUT2D eigenvalue weighted by molar-refractivity contribution is 6.43. The van der Waals surface area contributed by atoms with E-state index in [1.165, 1.54) is 6.08 Å². The van der Waals surface area contributed by atoms with Crippen LogP contribution in [0.1, 0.15) is 40.5 Å². The molecule has 0 radical (unpaired) electrons. The zero-order chi connectivity index (χ0) is 12.7. The fraction of sp³-hybridized carbons (Fsp3) is 0.583. The van der Waals surface area contributed by atoms with Crippen molar-refractivity contribution in [1.82, 2.24) is 0 Å². The Morgan fingerprint density at radius 2 is 1.94 bits per heavy atom. The third-order valence-corrected chi connectivity index (χ3v) is 2.45. The highest BCUT2D eigenvalue weighted by atomic mass is 16.2. The van der Waals surface area contributed by atoms with Gasteiger partial charge in [0.1, 0.15) is 11.5 Å². The molecule has 0 saturated heterocycles. The summed E-state index contributed by atoms with van der Waals surface area (Å²) in [5.41, 5.74) is 5.87. The largest absolute Gasteiger partial charge is 0.387 e. The second-order valence-electron chi connectivity index (χ2n) is 3.63. The molecule has 0 spiro atoms. The van der Waals surface area contributed by atoms with E-state index in [9.17, 15) is 9.59 Å². The van der Waals surface area contributed by atoms with Crippen LogP contribution in [0.25, 0.3) is 0 Å². The Bertz CT molecular complexity index is 330. The average Bonchev–Trinajstić information content (AvgIpc) is 2.32. The molecular formula is C12H20N2O2. The number of allylic oxidation sites excluding steroid dienone is 2. The number of rotatable bonds is 6. The van der Waals surface area contributed by atoms with E-state index in [1.54, 1.807) is 13.8 Å². The molecule has 0 aliphatic rings. The summed E-state index contributed by atoms with van der Waals surface area (Å²) in [4.78, 5) is 26.8. The van der Waals surface area contributed by atoms with E-state index in [1.807, 2.05) is 13.8 Å². The number of nitrogens with two attached hydrogens (primary N) is 1. The first-order valence-electron chi connectivity index (χ1n) is 5.55. The molecule has 4 heteroatoms. The second kappa shape index (κ2) is 6.93. The fourth-order valence-electron chi connectivity index (χ4n) is 1.01. The molecule has 0 amide bonds. The maximum atomic E-state index is 11.6. The van der Waals surface area contributed by atoms with Crippen LogP contribution in [0, 0.1) is 5.92 Å². The molecule has 1 atom stereocenters. The Balaban J connectivity index is 4.92. The summed E-state index contributed by atoms with van der Waals surface area (Å²) in [6.07, 6.45) is 2.56. The van der Waals surface area contributed by atoms with Crippen LogP contribution >= 0.6 is 0 Å². The highest BCUT2D eigenvalue weighted by Gasteiger charge is 2.17. The van der Waals surface area contributed by atoms with Gasteiger partial charge in [-0.3, -0.25) is 9.59 Å². The maximum absolute atomic E-state index is 11.6. The van der Waals surface area contributed by atoms with Crippen LogP contribution in [-0.2, 0) is 9.59 Å². The number of hydrogen-bond acceptors (Lipinski definition) is 3. The molecule has 4 nitrogen and oxygen atoms in total. The van der Waals surface area contributed by atoms with E-state index in [0.717, 1.165) is 6.42 Å². The number of aliphatic imine (C=N–C) groups is 1. The Morgan fingerprint density at radius 1 is 1.38 bits per heavy atom. The number of Topliss-reactive ketones (excluding diaryl/α,β-unsaturated/α-hetero) is 2. The number of carbonyl (C=O) groups excluding carboxylic acids is 2. The van der Waals surface area contributed by atoms with Crippen molar-refractivity contribution in [3.63, 3.8) is 0 Å². The normalized spacial score (nSPS) is 14.8. The van der Waals surface area contributed by atoms with E-state index in [-0.39, 0.29) is 18.0 Å². The molecule has 90 valence electrons. The summed E-state index contributed by atoms with van der Waals surface area (Å²) in [6.45, 7) is 7.23. The van der Waals surface area contributed by atoms with Crippen LogP contribution < -0.4 is 5.73 Å². The third-order valence-electron chi connectivity index (χ3n) is 2.45. The number of ketones is 2. The standard InChI is InChI=1S/C12H20N2O2/c1-5-8(4)12(13)14-9(6-2)11(16)10(15)7-3/h6,8H,5,7H2,1-4H3,(H2,13,14)/b9-6-. The van der Waals surface area contributed by atoms with E-state index >= 15 is 0 Å². The molecule has 1 unspecified atom stereocenters. The Hall–Kier alpha value is -1.45. The molecule has 0 rings (SSSR count). The molecule has 16 heavy (non-hydrogen) atoms. The smallest absolute Gasteiger partial charge is 0.246 e. The van der Waals surface area contributed by atoms with Crippen LogP contribution in [0.15, 0.2) is 16.8 Å². The monoisotopic (exact) mass is 224 g/mol. The van der Waals surface area contributed by atoms with Gasteiger partial charge >= 0.3 is 0 Å². The summed E-state index contributed by atoms with van der Waals surface area (Å²) in [7, 11) is 0. The van der Waals surface area contributed by atoms with Crippen molar-refractivity contribution in [2.75, 3.05) is 0 Å². The molecule has 0 aromatic carbocycles. The zero-order valence-corrected chi connectivity index (χ0v) is 10.4. The maximum Gasteiger partial charge on any atom is 0.246 e. The van der Waals surface area contributed by atoms with Crippen molar-refractivity contribution >= 4 is 17.4 Å². The summed E-state index contributed by atoms with van der Waals surface area (Å²) in [6, 6.07) is 0. The molecule has 2 N–H and O–H groups in total. The quantitative estimate of drug-likeness (QED) is 0.324. The topological polar surface area (TPSA) is 72.5 Å². The Labute approximate surface area is 96.6 Å². The predicted octanol–water partition coefficient (Wildman–Crippen LogP) is 1.84. The predicted molar refractivity (Wildman–Crippen MR) is 65.1 cm³/mol. The van der Waals surface area contributed by atoms with E-state index < -0.39 is 11.6 Å². The van der Waals surface area contributed by atoms with Gasteiger partial charge in [-0.1, -0.05) is 26.8 Å². The summed E-state index contributed by atoms with van der Waals surface area (Å²) >= 11 is 0. The number of carbonyl (C=O) groups is 2. The van der Waals surface area contributed by atoms with Gasteiger partial charge in [-0.15, -0.1) is 0 Å². The fourth-order valence-corrected chi connectivity index (χ4v) is 1.01. The van der Waals surface area contributed by atoms with Crippen molar-refractivity contribution in [2.24, 2.45) is 16.6 Å². The van der Waals surface area contributed by atoms with Crippen molar-refractivity contribution in [2.45, 2.75) is 40.5 Å². The molecule has 0 aliphatic heterocycles. The van der Waals surface area contributed by atoms with Gasteiger partial charge in [0.05, 0.1) is 0 Å². The van der Waals surface area contributed by atoms with Crippen molar-refractivity contribution in [3.8, 4) is 0 Å². The molecule has 0 heterocycles. The van der Waals surface area contributed by atoms with Crippen LogP contribution in [0.2, 0.25) is 0 Å². The third kappa shape index (κ3) is 3.96. The minimum absolute atomic E-state index is 0.111. The Morgan fingerprint density at radius 3 is 2.31 bits per heavy atom. The SMILES string of the molecule is C/C=C(\N=C(\N)C(C)CC)C(=O)C(=O)CC. The van der Waals surface area contributed by atoms with Crippen LogP contribution in [0.3, 0.4) is 0 Å². The lowest BCUT2D eigenvalue weighted by Gasteiger charge is -2.08. The number of amidine groups is 1. The molecule has 0 aromatic rings. The van der Waals surface area contributed by atoms with E-state index in [2.05, 4.69) is 4.99 Å². The first-order chi connectivity index (χ1) is 7.47. The van der Waals surface area contributed by atoms with Gasteiger partial charge in [-0.25, -0.2) is 4.99 Å². The van der Waals surface area contributed by atoms with Gasteiger partial charge < -0.3 is 5.73 Å². The molecule has 0 fully saturated rings. The van der Waals surface area contributed by atoms with Gasteiger partial charge in [0.2, 0.25) is 11.6 Å². The first kappa shape index (κ1) is 14.6. The van der Waals surface area contributed by atoms with Crippen molar-refractivity contribution in [1.29, 1.82) is 0 Å².